The Bertz CT molecular complexity index is 622. The molecule has 0 saturated heterocycles. The van der Waals surface area contributed by atoms with Gasteiger partial charge in [0.05, 0.1) is 0 Å². The normalized spacial score (nSPS) is 38.8. The second-order valence-electron chi connectivity index (χ2n) is 15.0. The van der Waals surface area contributed by atoms with Crippen molar-refractivity contribution in [2.24, 2.45) is 46.3 Å². The van der Waals surface area contributed by atoms with Crippen LogP contribution >= 0.6 is 0 Å². The summed E-state index contributed by atoms with van der Waals surface area (Å²) in [6.07, 6.45) is 19.7. The largest absolute Gasteiger partial charge is 0.508 e. The Morgan fingerprint density at radius 2 is 0.722 bits per heavy atom. The summed E-state index contributed by atoms with van der Waals surface area (Å²) in [6, 6.07) is 0. The highest BCUT2D eigenvalue weighted by Crippen LogP contribution is 2.50. The summed E-state index contributed by atoms with van der Waals surface area (Å²) in [5.41, 5.74) is 0.821. The van der Waals surface area contributed by atoms with Gasteiger partial charge in [-0.25, -0.2) is 4.79 Å². The van der Waals surface area contributed by atoms with Gasteiger partial charge < -0.3 is 9.47 Å². The molecule has 4 aliphatic carbocycles. The second-order valence-corrected chi connectivity index (χ2v) is 15.0. The van der Waals surface area contributed by atoms with Gasteiger partial charge >= 0.3 is 6.16 Å². The van der Waals surface area contributed by atoms with Gasteiger partial charge in [-0.15, -0.1) is 0 Å². The van der Waals surface area contributed by atoms with Gasteiger partial charge in [-0.1, -0.05) is 67.2 Å². The third kappa shape index (κ3) is 6.82. The molecule has 0 atom stereocenters. The molecule has 4 saturated carbocycles. The molecule has 4 fully saturated rings. The van der Waals surface area contributed by atoms with E-state index in [1.54, 1.807) is 0 Å². The van der Waals surface area contributed by atoms with Gasteiger partial charge in [-0.3, -0.25) is 0 Å². The van der Waals surface area contributed by atoms with Gasteiger partial charge in [-0.05, 0) is 123 Å². The van der Waals surface area contributed by atoms with Crippen molar-refractivity contribution in [3.8, 4) is 0 Å². The van der Waals surface area contributed by atoms with E-state index in [0.29, 0.717) is 10.8 Å². The van der Waals surface area contributed by atoms with Crippen LogP contribution in [0.1, 0.15) is 144 Å². The maximum atomic E-state index is 12.6. The molecule has 4 rings (SSSR count). The van der Waals surface area contributed by atoms with Gasteiger partial charge in [0.15, 0.2) is 0 Å². The van der Waals surface area contributed by atoms with E-state index in [2.05, 4.69) is 41.5 Å². The van der Waals surface area contributed by atoms with Gasteiger partial charge in [-0.2, -0.15) is 0 Å². The van der Waals surface area contributed by atoms with E-state index in [1.165, 1.54) is 77.0 Å². The summed E-state index contributed by atoms with van der Waals surface area (Å²) < 4.78 is 11.7. The molecule has 0 spiro atoms. The standard InChI is InChI=1S/C33H58O3/c1-23-7-11-25(12-8-23)32(3,4)27-15-19-29(20-16-27)35-31(34)36-30-21-17-28(18-22-30)33(5,6)26-13-9-24(2)10-14-26/h23-30H,7-22H2,1-6H3. The van der Waals surface area contributed by atoms with E-state index >= 15 is 0 Å². The predicted octanol–water partition coefficient (Wildman–Crippen LogP) is 9.96. The van der Waals surface area contributed by atoms with Crippen LogP contribution in [-0.2, 0) is 9.47 Å². The second kappa shape index (κ2) is 12.0. The lowest BCUT2D eigenvalue weighted by atomic mass is 9.60. The monoisotopic (exact) mass is 502 g/mol. The zero-order chi connectivity index (χ0) is 25.9. The van der Waals surface area contributed by atoms with E-state index in [0.717, 1.165) is 61.2 Å². The minimum atomic E-state index is -0.400. The van der Waals surface area contributed by atoms with Crippen molar-refractivity contribution in [2.45, 2.75) is 156 Å². The molecule has 0 amide bonds. The van der Waals surface area contributed by atoms with Gasteiger partial charge in [0, 0.05) is 0 Å². The van der Waals surface area contributed by atoms with Crippen LogP contribution in [0.5, 0.6) is 0 Å². The summed E-state index contributed by atoms with van der Waals surface area (Å²) in [6.45, 7) is 14.9. The molecule has 0 bridgehead atoms. The number of hydrogen-bond donors (Lipinski definition) is 0. The Kier molecular flexibility index (Phi) is 9.41. The number of ether oxygens (including phenoxy) is 2. The van der Waals surface area contributed by atoms with Gasteiger partial charge in [0.1, 0.15) is 12.2 Å². The summed E-state index contributed by atoms with van der Waals surface area (Å²) in [5.74, 6) is 5.07. The van der Waals surface area contributed by atoms with E-state index in [9.17, 15) is 4.79 Å². The number of carbonyl (C=O) groups excluding carboxylic acids is 1. The lowest BCUT2D eigenvalue weighted by molar-refractivity contribution is -0.0452. The molecule has 0 aromatic carbocycles. The molecular formula is C33H58O3. The van der Waals surface area contributed by atoms with Crippen molar-refractivity contribution >= 4 is 6.16 Å². The summed E-state index contributed by atoms with van der Waals surface area (Å²) in [5, 5.41) is 0. The quantitative estimate of drug-likeness (QED) is 0.339. The van der Waals surface area contributed by atoms with Crippen LogP contribution < -0.4 is 0 Å². The van der Waals surface area contributed by atoms with E-state index in [4.69, 9.17) is 9.47 Å². The molecule has 4 aliphatic rings. The lowest BCUT2D eigenvalue weighted by Gasteiger charge is -2.46. The Morgan fingerprint density at radius 1 is 0.472 bits per heavy atom. The first-order chi connectivity index (χ1) is 17.1. The Morgan fingerprint density at radius 3 is 1.00 bits per heavy atom. The zero-order valence-corrected chi connectivity index (χ0v) is 24.7. The smallest absolute Gasteiger partial charge is 0.431 e. The van der Waals surface area contributed by atoms with Crippen LogP contribution in [0.3, 0.4) is 0 Å². The molecule has 0 aromatic heterocycles. The van der Waals surface area contributed by atoms with Crippen molar-refractivity contribution in [1.29, 1.82) is 0 Å². The average molecular weight is 503 g/mol. The molecule has 3 nitrogen and oxygen atoms in total. The molecular weight excluding hydrogens is 444 g/mol. The highest BCUT2D eigenvalue weighted by atomic mass is 16.7. The molecule has 36 heavy (non-hydrogen) atoms. The fraction of sp³-hybridized carbons (Fsp3) is 0.970. The van der Waals surface area contributed by atoms with Crippen LogP contribution in [0.15, 0.2) is 0 Å². The average Bonchev–Trinajstić information content (AvgIpc) is 2.85. The third-order valence-corrected chi connectivity index (χ3v) is 12.1. The first-order valence-electron chi connectivity index (χ1n) is 15.9. The highest BCUT2D eigenvalue weighted by Gasteiger charge is 2.42. The maximum absolute atomic E-state index is 12.6. The fourth-order valence-electron chi connectivity index (χ4n) is 8.82. The minimum Gasteiger partial charge on any atom is -0.431 e. The van der Waals surface area contributed by atoms with Crippen LogP contribution in [0.4, 0.5) is 4.79 Å². The molecule has 0 unspecified atom stereocenters. The Balaban J connectivity index is 1.16. The van der Waals surface area contributed by atoms with Crippen molar-refractivity contribution in [3.05, 3.63) is 0 Å². The van der Waals surface area contributed by atoms with Gasteiger partial charge in [0.25, 0.3) is 0 Å². The van der Waals surface area contributed by atoms with Crippen LogP contribution in [0.25, 0.3) is 0 Å². The first kappa shape index (κ1) is 28.3. The molecule has 3 heteroatoms. The molecule has 208 valence electrons. The highest BCUT2D eigenvalue weighted by molar-refractivity contribution is 5.60. The summed E-state index contributed by atoms with van der Waals surface area (Å²) in [4.78, 5) is 12.6. The van der Waals surface area contributed by atoms with Crippen molar-refractivity contribution in [1.82, 2.24) is 0 Å². The predicted molar refractivity (Wildman–Crippen MR) is 149 cm³/mol. The number of carbonyl (C=O) groups is 1. The Hall–Kier alpha value is -0.730. The Labute approximate surface area is 223 Å². The van der Waals surface area contributed by atoms with E-state index < -0.39 is 6.16 Å². The van der Waals surface area contributed by atoms with E-state index in [1.807, 2.05) is 0 Å². The topological polar surface area (TPSA) is 35.5 Å². The van der Waals surface area contributed by atoms with Crippen LogP contribution in [0.2, 0.25) is 0 Å². The lowest BCUT2D eigenvalue weighted by Crippen LogP contribution is -2.39. The SMILES string of the molecule is CC1CCC(C(C)(C)C2CCC(OC(=O)OC3CCC(C(C)(C)C4CCC(C)CC4)CC3)CC2)CC1. The van der Waals surface area contributed by atoms with Crippen LogP contribution in [0, 0.1) is 46.3 Å². The first-order valence-corrected chi connectivity index (χ1v) is 15.9. The van der Waals surface area contributed by atoms with Crippen molar-refractivity contribution in [3.63, 3.8) is 0 Å². The molecule has 0 radical (unpaired) electrons. The van der Waals surface area contributed by atoms with Crippen LogP contribution in [-0.4, -0.2) is 18.4 Å². The molecule has 0 aromatic rings. The summed E-state index contributed by atoms with van der Waals surface area (Å²) in [7, 11) is 0. The van der Waals surface area contributed by atoms with Crippen molar-refractivity contribution in [2.75, 3.05) is 0 Å². The molecule has 0 heterocycles. The van der Waals surface area contributed by atoms with E-state index in [-0.39, 0.29) is 12.2 Å². The maximum Gasteiger partial charge on any atom is 0.508 e. The van der Waals surface area contributed by atoms with Gasteiger partial charge in [0.2, 0.25) is 0 Å². The van der Waals surface area contributed by atoms with Crippen molar-refractivity contribution < 1.29 is 14.3 Å². The summed E-state index contributed by atoms with van der Waals surface area (Å²) >= 11 is 0. The minimum absolute atomic E-state index is 0.0555. The number of hydrogen-bond acceptors (Lipinski definition) is 3. The third-order valence-electron chi connectivity index (χ3n) is 12.1. The zero-order valence-electron chi connectivity index (χ0n) is 24.7. The molecule has 0 aliphatic heterocycles. The number of rotatable bonds is 6. The fourth-order valence-corrected chi connectivity index (χ4v) is 8.82. The molecule has 0 N–H and O–H groups in total.